The van der Waals surface area contributed by atoms with Gasteiger partial charge in [0.25, 0.3) is 5.91 Å². The number of carboxylic acid groups (broad SMARTS) is 1. The molecule has 1 aromatic rings. The Hall–Kier alpha value is -1.49. The molecule has 0 saturated heterocycles. The lowest BCUT2D eigenvalue weighted by molar-refractivity contribution is -0.142. The Morgan fingerprint density at radius 2 is 1.90 bits per heavy atom. The molecule has 0 aromatic heterocycles. The van der Waals surface area contributed by atoms with Crippen molar-refractivity contribution < 1.29 is 14.7 Å². The third-order valence-electron chi connectivity index (χ3n) is 3.64. The fourth-order valence-electron chi connectivity index (χ4n) is 2.64. The third-order valence-corrected chi connectivity index (χ3v) is 4.65. The van der Waals surface area contributed by atoms with Gasteiger partial charge in [-0.05, 0) is 37.1 Å². The number of aliphatic carboxylic acids is 1. The Bertz CT molecular complexity index is 513. The third kappa shape index (κ3) is 4.24. The molecule has 114 valence electrons. The van der Waals surface area contributed by atoms with Crippen molar-refractivity contribution >= 4 is 23.6 Å². The number of thioether (sulfide) groups is 1. The van der Waals surface area contributed by atoms with Gasteiger partial charge in [-0.25, -0.2) is 0 Å². The van der Waals surface area contributed by atoms with Crippen LogP contribution in [0.25, 0.3) is 0 Å². The van der Waals surface area contributed by atoms with E-state index in [4.69, 9.17) is 5.11 Å². The molecule has 2 atom stereocenters. The largest absolute Gasteiger partial charge is 0.481 e. The molecule has 1 aliphatic carbocycles. The van der Waals surface area contributed by atoms with E-state index in [1.54, 1.807) is 23.9 Å². The van der Waals surface area contributed by atoms with Crippen LogP contribution in [0.1, 0.15) is 43.5 Å². The van der Waals surface area contributed by atoms with Gasteiger partial charge in [-0.2, -0.15) is 0 Å². The zero-order valence-electron chi connectivity index (χ0n) is 12.3. The second kappa shape index (κ2) is 6.98. The summed E-state index contributed by atoms with van der Waals surface area (Å²) in [5, 5.41) is 12.5. The molecule has 0 spiro atoms. The topological polar surface area (TPSA) is 66.4 Å². The second-order valence-electron chi connectivity index (χ2n) is 5.65. The number of carbonyl (C=O) groups is 2. The Balaban J connectivity index is 1.98. The Morgan fingerprint density at radius 3 is 2.48 bits per heavy atom. The monoisotopic (exact) mass is 307 g/mol. The number of hydrogen-bond acceptors (Lipinski definition) is 3. The molecule has 0 aliphatic heterocycles. The molecule has 21 heavy (non-hydrogen) atoms. The van der Waals surface area contributed by atoms with E-state index >= 15 is 0 Å². The Labute approximate surface area is 129 Å². The molecule has 1 fully saturated rings. The zero-order chi connectivity index (χ0) is 15.4. The first-order chi connectivity index (χ1) is 9.97. The minimum absolute atomic E-state index is 0.186. The van der Waals surface area contributed by atoms with Crippen molar-refractivity contribution in [3.05, 3.63) is 29.8 Å². The summed E-state index contributed by atoms with van der Waals surface area (Å²) in [4.78, 5) is 24.4. The maximum absolute atomic E-state index is 12.2. The summed E-state index contributed by atoms with van der Waals surface area (Å²) in [6.45, 7) is 4.24. The number of amides is 1. The summed E-state index contributed by atoms with van der Waals surface area (Å²) in [5.74, 6) is -1.46. The number of carboxylic acids is 1. The maximum Gasteiger partial charge on any atom is 0.308 e. The molecule has 2 rings (SSSR count). The molecule has 5 heteroatoms. The Morgan fingerprint density at radius 1 is 1.24 bits per heavy atom. The highest BCUT2D eigenvalue weighted by molar-refractivity contribution is 7.99. The molecule has 1 amide bonds. The summed E-state index contributed by atoms with van der Waals surface area (Å²) < 4.78 is 0. The van der Waals surface area contributed by atoms with Gasteiger partial charge in [-0.1, -0.05) is 20.3 Å². The molecule has 1 saturated carbocycles. The normalized spacial score (nSPS) is 21.5. The van der Waals surface area contributed by atoms with E-state index in [1.807, 2.05) is 12.1 Å². The minimum atomic E-state index is -0.818. The molecular formula is C16H21NO3S. The second-order valence-corrected chi connectivity index (χ2v) is 7.30. The van der Waals surface area contributed by atoms with Crippen molar-refractivity contribution in [3.63, 3.8) is 0 Å². The molecule has 4 nitrogen and oxygen atoms in total. The lowest BCUT2D eigenvalue weighted by Crippen LogP contribution is -2.40. The number of hydrogen-bond donors (Lipinski definition) is 2. The van der Waals surface area contributed by atoms with Crippen molar-refractivity contribution in [2.24, 2.45) is 5.92 Å². The number of nitrogens with one attached hydrogen (secondary N) is 1. The molecular weight excluding hydrogens is 286 g/mol. The van der Waals surface area contributed by atoms with Crippen molar-refractivity contribution in [2.75, 3.05) is 0 Å². The van der Waals surface area contributed by atoms with Gasteiger partial charge in [-0.3, -0.25) is 9.59 Å². The predicted molar refractivity (Wildman–Crippen MR) is 83.7 cm³/mol. The van der Waals surface area contributed by atoms with E-state index in [9.17, 15) is 9.59 Å². The average molecular weight is 307 g/mol. The van der Waals surface area contributed by atoms with Gasteiger partial charge >= 0.3 is 5.97 Å². The van der Waals surface area contributed by atoms with Gasteiger partial charge in [0.1, 0.15) is 0 Å². The molecule has 0 bridgehead atoms. The van der Waals surface area contributed by atoms with Crippen LogP contribution in [0.4, 0.5) is 0 Å². The highest BCUT2D eigenvalue weighted by Gasteiger charge is 2.33. The average Bonchev–Trinajstić information content (AvgIpc) is 2.87. The van der Waals surface area contributed by atoms with E-state index in [1.165, 1.54) is 0 Å². The van der Waals surface area contributed by atoms with Crippen LogP contribution in [0.15, 0.2) is 29.2 Å². The summed E-state index contributed by atoms with van der Waals surface area (Å²) in [6, 6.07) is 7.21. The van der Waals surface area contributed by atoms with E-state index in [0.717, 1.165) is 17.7 Å². The van der Waals surface area contributed by atoms with Crippen LogP contribution in [0.2, 0.25) is 0 Å². The zero-order valence-corrected chi connectivity index (χ0v) is 13.2. The van der Waals surface area contributed by atoms with Crippen LogP contribution >= 0.6 is 11.8 Å². The van der Waals surface area contributed by atoms with Crippen molar-refractivity contribution in [1.82, 2.24) is 5.32 Å². The molecule has 2 N–H and O–H groups in total. The lowest BCUT2D eigenvalue weighted by atomic mass is 10.0. The first-order valence-corrected chi connectivity index (χ1v) is 8.15. The van der Waals surface area contributed by atoms with Gasteiger partial charge in [-0.15, -0.1) is 11.8 Å². The van der Waals surface area contributed by atoms with Gasteiger partial charge < -0.3 is 10.4 Å². The maximum atomic E-state index is 12.2. The number of benzene rings is 1. The van der Waals surface area contributed by atoms with Crippen LogP contribution in [-0.4, -0.2) is 28.3 Å². The van der Waals surface area contributed by atoms with E-state index in [-0.39, 0.29) is 11.9 Å². The molecule has 0 unspecified atom stereocenters. The standard InChI is InChI=1S/C16H21NO3S/c1-10(2)21-12-8-6-11(7-9-12)15(18)17-14-5-3-4-13(14)16(19)20/h6-10,13-14H,3-5H2,1-2H3,(H,17,18)(H,19,20)/t13-,14+/m0/s1. The molecule has 0 heterocycles. The smallest absolute Gasteiger partial charge is 0.308 e. The Kier molecular flexibility index (Phi) is 5.28. The van der Waals surface area contributed by atoms with Gasteiger partial charge in [0.05, 0.1) is 5.92 Å². The summed E-state index contributed by atoms with van der Waals surface area (Å²) >= 11 is 1.75. The van der Waals surface area contributed by atoms with Crippen molar-refractivity contribution in [1.29, 1.82) is 0 Å². The van der Waals surface area contributed by atoms with Crippen LogP contribution in [0.5, 0.6) is 0 Å². The fraction of sp³-hybridized carbons (Fsp3) is 0.500. The van der Waals surface area contributed by atoms with Crippen LogP contribution < -0.4 is 5.32 Å². The fourth-order valence-corrected chi connectivity index (χ4v) is 3.47. The summed E-state index contributed by atoms with van der Waals surface area (Å²) in [7, 11) is 0. The molecule has 1 aliphatic rings. The minimum Gasteiger partial charge on any atom is -0.481 e. The first-order valence-electron chi connectivity index (χ1n) is 7.27. The number of rotatable bonds is 5. The van der Waals surface area contributed by atoms with Gasteiger partial charge in [0.2, 0.25) is 0 Å². The molecule has 1 aromatic carbocycles. The summed E-state index contributed by atoms with van der Waals surface area (Å²) in [6.07, 6.45) is 2.24. The number of carbonyl (C=O) groups excluding carboxylic acids is 1. The van der Waals surface area contributed by atoms with Crippen molar-refractivity contribution in [3.8, 4) is 0 Å². The predicted octanol–water partition coefficient (Wildman–Crippen LogP) is 3.17. The summed E-state index contributed by atoms with van der Waals surface area (Å²) in [5.41, 5.74) is 0.583. The van der Waals surface area contributed by atoms with Crippen LogP contribution in [0.3, 0.4) is 0 Å². The first kappa shape index (κ1) is 15.9. The van der Waals surface area contributed by atoms with E-state index in [0.29, 0.717) is 17.2 Å². The van der Waals surface area contributed by atoms with E-state index < -0.39 is 11.9 Å². The van der Waals surface area contributed by atoms with Gasteiger partial charge in [0, 0.05) is 21.8 Å². The molecule has 0 radical (unpaired) electrons. The quantitative estimate of drug-likeness (QED) is 0.820. The van der Waals surface area contributed by atoms with Crippen LogP contribution in [0, 0.1) is 5.92 Å². The lowest BCUT2D eigenvalue weighted by Gasteiger charge is -2.17. The van der Waals surface area contributed by atoms with Crippen LogP contribution in [-0.2, 0) is 4.79 Å². The highest BCUT2D eigenvalue weighted by Crippen LogP contribution is 2.26. The van der Waals surface area contributed by atoms with Crippen molar-refractivity contribution in [2.45, 2.75) is 49.3 Å². The SMILES string of the molecule is CC(C)Sc1ccc(C(=O)N[C@@H]2CCC[C@@H]2C(=O)O)cc1. The van der Waals surface area contributed by atoms with Gasteiger partial charge in [0.15, 0.2) is 0 Å². The van der Waals surface area contributed by atoms with E-state index in [2.05, 4.69) is 19.2 Å². The highest BCUT2D eigenvalue weighted by atomic mass is 32.2.